The third-order valence-electron chi connectivity index (χ3n) is 14.7. The molecule has 6 heterocycles. The van der Waals surface area contributed by atoms with Gasteiger partial charge in [0.1, 0.15) is 41.2 Å². The van der Waals surface area contributed by atoms with Crippen molar-refractivity contribution in [1.82, 2.24) is 40.5 Å². The molecule has 5 aliphatic rings. The van der Waals surface area contributed by atoms with Gasteiger partial charge in [-0.15, -0.1) is 0 Å². The highest BCUT2D eigenvalue weighted by Crippen LogP contribution is 2.59. The van der Waals surface area contributed by atoms with Crippen LogP contribution in [0.4, 0.5) is 14.5 Å². The van der Waals surface area contributed by atoms with Crippen molar-refractivity contribution < 1.29 is 66.2 Å². The molecule has 0 radical (unpaired) electrons. The Morgan fingerprint density at radius 3 is 2.41 bits per heavy atom. The number of hydrogen-bond acceptors (Lipinski definition) is 13. The Balaban J connectivity index is 0.817. The molecule has 4 aromatic rings. The van der Waals surface area contributed by atoms with Crippen LogP contribution in [0, 0.1) is 0 Å². The van der Waals surface area contributed by atoms with Gasteiger partial charge in [0, 0.05) is 74.6 Å². The largest absolute Gasteiger partial charge is 0.490 e. The fourth-order valence-corrected chi connectivity index (χ4v) is 11.4. The first-order chi connectivity index (χ1) is 36.1. The Kier molecular flexibility index (Phi) is 15.4. The number of piperazine rings is 1. The van der Waals surface area contributed by atoms with Gasteiger partial charge in [0.2, 0.25) is 29.5 Å². The molecule has 0 aliphatic carbocycles. The topological polar surface area (TPSA) is 297 Å². The lowest BCUT2D eigenvalue weighted by molar-refractivity contribution is -0.143. The van der Waals surface area contributed by atoms with E-state index in [4.69, 9.17) is 22.1 Å². The van der Waals surface area contributed by atoms with Crippen LogP contribution in [0.2, 0.25) is 5.02 Å². The average molecular weight is 1090 g/mol. The van der Waals surface area contributed by atoms with Crippen LogP contribution in [0.1, 0.15) is 87.3 Å². The molecule has 3 aromatic carbocycles. The smallest absolute Gasteiger partial charge is 0.399 e. The number of imide groups is 2. The SMILES string of the molecule is CN1CC[C@H]2CC[C@@H](C(=O)N[C@@H](CCC(N)=O)COc3cccc(N4CCN(Cc5ccc6c(c5)C(=O)N(C5CCC(=O)NC5=O)C6=O)CC4)c3Cl)N2C(=O)[C@@H](NC(=O)c2cc3cc(C(F)(F)P(=O)(O)O)ccc3[nH]2)C1. The molecule has 26 heteroatoms. The van der Waals surface area contributed by atoms with Crippen LogP contribution < -0.4 is 31.3 Å². The number of halogens is 3. The molecule has 0 bridgehead atoms. The second-order valence-electron chi connectivity index (χ2n) is 19.8. The maximum atomic E-state index is 14.5. The van der Waals surface area contributed by atoms with Crippen molar-refractivity contribution in [3.05, 3.63) is 93.6 Å². The van der Waals surface area contributed by atoms with Crippen molar-refractivity contribution >= 4 is 83.0 Å². The molecule has 8 N–H and O–H groups in total. The number of hydrogen-bond donors (Lipinski definition) is 7. The van der Waals surface area contributed by atoms with E-state index in [1.165, 1.54) is 11.0 Å². The third kappa shape index (κ3) is 11.0. The number of amides is 8. The number of likely N-dealkylation sites (N-methyl/N-ethyl adjacent to an activating group) is 1. The van der Waals surface area contributed by atoms with Gasteiger partial charge in [0.05, 0.1) is 22.9 Å². The summed E-state index contributed by atoms with van der Waals surface area (Å²) in [7, 11) is -4.07. The molecule has 4 fully saturated rings. The number of rotatable bonds is 16. The van der Waals surface area contributed by atoms with Crippen molar-refractivity contribution in [2.45, 2.75) is 87.4 Å². The minimum absolute atomic E-state index is 0.0260. The predicted molar refractivity (Wildman–Crippen MR) is 269 cm³/mol. The number of piperidine rings is 1. The summed E-state index contributed by atoms with van der Waals surface area (Å²) in [5.74, 6) is -4.33. The number of fused-ring (bicyclic) bond motifs is 3. The molecule has 4 saturated heterocycles. The number of benzene rings is 3. The average Bonchev–Trinajstić information content (AvgIpc) is 4.07. The number of ether oxygens (including phenoxy) is 1. The minimum atomic E-state index is -5.86. The molecule has 1 aromatic heterocycles. The lowest BCUT2D eigenvalue weighted by Crippen LogP contribution is -2.60. The summed E-state index contributed by atoms with van der Waals surface area (Å²) in [5, 5.41) is 8.30. The van der Waals surface area contributed by atoms with Gasteiger partial charge < -0.3 is 50.6 Å². The summed E-state index contributed by atoms with van der Waals surface area (Å²) < 4.78 is 46.7. The maximum absolute atomic E-state index is 14.5. The lowest BCUT2D eigenvalue weighted by atomic mass is 10.0. The maximum Gasteiger partial charge on any atom is 0.399 e. The lowest BCUT2D eigenvalue weighted by Gasteiger charge is -2.38. The van der Waals surface area contributed by atoms with E-state index in [1.54, 1.807) is 37.4 Å². The van der Waals surface area contributed by atoms with Crippen molar-refractivity contribution in [3.8, 4) is 5.75 Å². The Hall–Kier alpha value is -6.82. The van der Waals surface area contributed by atoms with Crippen molar-refractivity contribution in [2.24, 2.45) is 5.73 Å². The highest BCUT2D eigenvalue weighted by atomic mass is 35.5. The van der Waals surface area contributed by atoms with Crippen LogP contribution in [0.15, 0.2) is 60.7 Å². The van der Waals surface area contributed by atoms with E-state index in [0.717, 1.165) is 28.7 Å². The van der Waals surface area contributed by atoms with E-state index in [9.17, 15) is 61.5 Å². The number of carbonyl (C=O) groups excluding carboxylic acids is 8. The number of aromatic nitrogens is 1. The van der Waals surface area contributed by atoms with Crippen LogP contribution in [-0.4, -0.2) is 165 Å². The molecule has 5 aliphatic heterocycles. The number of nitrogens with two attached hydrogens (primary N) is 1. The first-order valence-electron chi connectivity index (χ1n) is 24.8. The molecular formula is C50H56ClF2N10O12P. The Morgan fingerprint density at radius 1 is 0.934 bits per heavy atom. The summed E-state index contributed by atoms with van der Waals surface area (Å²) in [6, 6.07) is 10.2. The van der Waals surface area contributed by atoms with Gasteiger partial charge in [-0.3, -0.25) is 58.0 Å². The number of alkyl halides is 2. The van der Waals surface area contributed by atoms with E-state index in [2.05, 4.69) is 30.7 Å². The fraction of sp³-hybridized carbons (Fsp3) is 0.440. The molecule has 1 unspecified atom stereocenters. The monoisotopic (exact) mass is 1090 g/mol. The quantitative estimate of drug-likeness (QED) is 0.0626. The zero-order valence-electron chi connectivity index (χ0n) is 41.1. The zero-order chi connectivity index (χ0) is 54.4. The highest BCUT2D eigenvalue weighted by Gasteiger charge is 2.51. The summed E-state index contributed by atoms with van der Waals surface area (Å²) in [4.78, 5) is 135. The number of nitrogens with one attached hydrogen (secondary N) is 4. The Morgan fingerprint density at radius 2 is 1.68 bits per heavy atom. The molecule has 0 saturated carbocycles. The number of nitrogens with zero attached hydrogens (tertiary/aromatic N) is 5. The van der Waals surface area contributed by atoms with E-state index >= 15 is 0 Å². The molecule has 8 amide bonds. The summed E-state index contributed by atoms with van der Waals surface area (Å²) in [5.41, 5.74) is 2.17. The van der Waals surface area contributed by atoms with Gasteiger partial charge in [-0.05, 0) is 93.7 Å². The highest BCUT2D eigenvalue weighted by molar-refractivity contribution is 7.52. The van der Waals surface area contributed by atoms with Gasteiger partial charge in [0.15, 0.2) is 0 Å². The molecule has 0 spiro atoms. The number of H-pyrrole nitrogens is 1. The second-order valence-corrected chi connectivity index (χ2v) is 21.9. The number of primary amides is 1. The first kappa shape index (κ1) is 54.0. The molecule has 404 valence electrons. The first-order valence-corrected chi connectivity index (χ1v) is 26.8. The molecule has 22 nitrogen and oxygen atoms in total. The van der Waals surface area contributed by atoms with Crippen LogP contribution in [0.3, 0.4) is 0 Å². The Labute approximate surface area is 438 Å². The molecular weight excluding hydrogens is 1040 g/mol. The van der Waals surface area contributed by atoms with Crippen LogP contribution in [0.5, 0.6) is 5.75 Å². The van der Waals surface area contributed by atoms with Gasteiger partial charge in [-0.2, -0.15) is 8.78 Å². The van der Waals surface area contributed by atoms with Crippen LogP contribution in [0.25, 0.3) is 10.9 Å². The van der Waals surface area contributed by atoms with Crippen LogP contribution >= 0.6 is 19.2 Å². The third-order valence-corrected chi connectivity index (χ3v) is 16.0. The van der Waals surface area contributed by atoms with Crippen molar-refractivity contribution in [3.63, 3.8) is 0 Å². The van der Waals surface area contributed by atoms with E-state index in [1.807, 2.05) is 11.0 Å². The molecule has 76 heavy (non-hydrogen) atoms. The second kappa shape index (κ2) is 21.7. The van der Waals surface area contributed by atoms with E-state index < -0.39 is 90.2 Å². The summed E-state index contributed by atoms with van der Waals surface area (Å²) in [6.45, 7) is 3.34. The van der Waals surface area contributed by atoms with Gasteiger partial charge >= 0.3 is 13.3 Å². The molecule has 5 atom stereocenters. The summed E-state index contributed by atoms with van der Waals surface area (Å²) in [6.07, 6.45) is 1.44. The van der Waals surface area contributed by atoms with Crippen molar-refractivity contribution in [2.75, 3.05) is 57.8 Å². The number of carbonyl (C=O) groups is 8. The zero-order valence-corrected chi connectivity index (χ0v) is 42.8. The summed E-state index contributed by atoms with van der Waals surface area (Å²) >= 11 is 6.99. The Bertz CT molecular complexity index is 3080. The normalized spacial score (nSPS) is 22.2. The van der Waals surface area contributed by atoms with E-state index in [0.29, 0.717) is 75.0 Å². The number of aromatic amines is 1. The standard InChI is InChI=1S/C50H56ClF2N10O12P/c1-59-16-15-31-8-11-38(62(31)49(71)36(25-59)57-44(66)35-23-28-22-29(6-10-34(28)56-35)50(52,53)76(72,73)74)45(67)55-30(7-13-41(54)64)26-75-40-4-2-3-37(43(40)51)61-19-17-60(18-20-61)24-27-5-9-32-33(21-27)48(70)63(47(32)69)39-12-14-42(65)58-46(39)68/h2-6,9-10,21-23,30-31,36,38-39,56H,7-8,11-20,24-26H2,1H3,(H2,54,64)(H,55,67)(H,57,66)(H,58,65,68)(H2,72,73,74)/t30-,31+,36-,38-,39?/m0/s1. The molecule has 9 rings (SSSR count). The number of anilines is 1. The predicted octanol–water partition coefficient (Wildman–Crippen LogP) is 2.39. The fourth-order valence-electron chi connectivity index (χ4n) is 10.6. The van der Waals surface area contributed by atoms with E-state index in [-0.39, 0.29) is 72.6 Å². The van der Waals surface area contributed by atoms with Gasteiger partial charge in [0.25, 0.3) is 17.7 Å². The van der Waals surface area contributed by atoms with Gasteiger partial charge in [-0.1, -0.05) is 29.8 Å². The van der Waals surface area contributed by atoms with Crippen LogP contribution in [-0.2, 0) is 40.7 Å². The van der Waals surface area contributed by atoms with Crippen molar-refractivity contribution in [1.29, 1.82) is 0 Å². The van der Waals surface area contributed by atoms with Gasteiger partial charge in [-0.25, -0.2) is 0 Å². The minimum Gasteiger partial charge on any atom is -0.490 e.